The Morgan fingerprint density at radius 1 is 1.13 bits per heavy atom. The lowest BCUT2D eigenvalue weighted by Crippen LogP contribution is -2.12. The third kappa shape index (κ3) is 6.13. The van der Waals surface area contributed by atoms with Crippen LogP contribution in [0.5, 0.6) is 5.75 Å². The molecule has 4 nitrogen and oxygen atoms in total. The lowest BCUT2D eigenvalue weighted by atomic mass is 9.97. The Kier molecular flexibility index (Phi) is 7.36. The van der Waals surface area contributed by atoms with Crippen LogP contribution in [0.1, 0.15) is 51.3 Å². The topological polar surface area (TPSA) is 63.6 Å². The quantitative estimate of drug-likeness (QED) is 0.312. The minimum atomic E-state index is -4.39. The number of ether oxygens (including phenoxy) is 1. The number of carbonyl (C=O) groups is 2. The Morgan fingerprint density at radius 3 is 2.23 bits per heavy atom. The summed E-state index contributed by atoms with van der Waals surface area (Å²) in [6, 6.07) is 6.76. The van der Waals surface area contributed by atoms with Crippen molar-refractivity contribution in [3.05, 3.63) is 64.2 Å². The van der Waals surface area contributed by atoms with E-state index in [9.17, 15) is 27.9 Å². The molecular formula is C22H21F3O4S. The van der Waals surface area contributed by atoms with E-state index in [-0.39, 0.29) is 33.9 Å². The Morgan fingerprint density at radius 2 is 1.73 bits per heavy atom. The maximum Gasteiger partial charge on any atom is 0.446 e. The van der Waals surface area contributed by atoms with Crippen LogP contribution in [0, 0.1) is 13.8 Å². The lowest BCUT2D eigenvalue weighted by molar-refractivity contribution is -0.0328. The van der Waals surface area contributed by atoms with Gasteiger partial charge in [0.05, 0.1) is 11.7 Å². The molecule has 0 fully saturated rings. The molecule has 0 aliphatic rings. The number of ketones is 1. The highest BCUT2D eigenvalue weighted by Gasteiger charge is 2.29. The largest absolute Gasteiger partial charge is 0.490 e. The zero-order valence-electron chi connectivity index (χ0n) is 16.8. The molecule has 2 rings (SSSR count). The second-order valence-electron chi connectivity index (χ2n) is 6.85. The van der Waals surface area contributed by atoms with E-state index in [4.69, 9.17) is 4.74 Å². The number of hydrogen-bond donors (Lipinski definition) is 1. The standard InChI is InChI=1S/C22H21F3O4S/c1-12(2)29-20-14(4)19(21(27)28)13(3)11-16(20)7-10-18(26)15-5-8-17(9-6-15)30-22(23,24)25/h5-12H,1-4H3,(H,27,28)/b10-7+. The molecule has 0 amide bonds. The fraction of sp³-hybridized carbons (Fsp3) is 0.273. The van der Waals surface area contributed by atoms with Gasteiger partial charge in [-0.2, -0.15) is 13.2 Å². The van der Waals surface area contributed by atoms with E-state index in [1.807, 2.05) is 0 Å². The monoisotopic (exact) mass is 438 g/mol. The fourth-order valence-electron chi connectivity index (χ4n) is 2.92. The Balaban J connectivity index is 2.34. The van der Waals surface area contributed by atoms with E-state index in [1.165, 1.54) is 36.4 Å². The van der Waals surface area contributed by atoms with Crippen molar-refractivity contribution < 1.29 is 32.6 Å². The first-order chi connectivity index (χ1) is 13.9. The van der Waals surface area contributed by atoms with Crippen molar-refractivity contribution in [1.82, 2.24) is 0 Å². The van der Waals surface area contributed by atoms with Crippen LogP contribution in [-0.4, -0.2) is 28.5 Å². The summed E-state index contributed by atoms with van der Waals surface area (Å²) in [5.74, 6) is -1.09. The summed E-state index contributed by atoms with van der Waals surface area (Å²) in [7, 11) is 0. The number of rotatable bonds is 7. The summed E-state index contributed by atoms with van der Waals surface area (Å²) in [6.07, 6.45) is 2.59. The summed E-state index contributed by atoms with van der Waals surface area (Å²) < 4.78 is 43.0. The second kappa shape index (κ2) is 9.38. The van der Waals surface area contributed by atoms with Crippen molar-refractivity contribution in [2.24, 2.45) is 0 Å². The predicted molar refractivity (Wildman–Crippen MR) is 110 cm³/mol. The molecule has 0 saturated heterocycles. The molecule has 0 aliphatic carbocycles. The number of aromatic carboxylic acids is 1. The van der Waals surface area contributed by atoms with E-state index in [0.29, 0.717) is 22.4 Å². The number of halogens is 3. The van der Waals surface area contributed by atoms with E-state index >= 15 is 0 Å². The molecule has 160 valence electrons. The van der Waals surface area contributed by atoms with Crippen molar-refractivity contribution in [3.63, 3.8) is 0 Å². The van der Waals surface area contributed by atoms with Crippen LogP contribution in [0.2, 0.25) is 0 Å². The van der Waals surface area contributed by atoms with Crippen LogP contribution in [0.25, 0.3) is 6.08 Å². The molecule has 0 aromatic heterocycles. The Labute approximate surface area is 176 Å². The Hall–Kier alpha value is -2.74. The van der Waals surface area contributed by atoms with Gasteiger partial charge in [0.15, 0.2) is 5.78 Å². The van der Waals surface area contributed by atoms with Gasteiger partial charge in [0.25, 0.3) is 0 Å². The molecule has 0 bridgehead atoms. The summed E-state index contributed by atoms with van der Waals surface area (Å²) in [4.78, 5) is 24.0. The first-order valence-electron chi connectivity index (χ1n) is 9.01. The van der Waals surface area contributed by atoms with Crippen LogP contribution in [0.3, 0.4) is 0 Å². The summed E-state index contributed by atoms with van der Waals surface area (Å²) in [6.45, 7) is 6.91. The number of carboxylic acids is 1. The van der Waals surface area contributed by atoms with Crippen molar-refractivity contribution in [2.75, 3.05) is 0 Å². The van der Waals surface area contributed by atoms with Crippen molar-refractivity contribution in [2.45, 2.75) is 44.2 Å². The first kappa shape index (κ1) is 23.5. The second-order valence-corrected chi connectivity index (χ2v) is 7.99. The van der Waals surface area contributed by atoms with Gasteiger partial charge in [0.1, 0.15) is 5.75 Å². The molecule has 30 heavy (non-hydrogen) atoms. The first-order valence-corrected chi connectivity index (χ1v) is 9.83. The molecule has 0 unspecified atom stereocenters. The van der Waals surface area contributed by atoms with Gasteiger partial charge in [-0.05, 0) is 87.5 Å². The zero-order valence-corrected chi connectivity index (χ0v) is 17.6. The van der Waals surface area contributed by atoms with Gasteiger partial charge < -0.3 is 9.84 Å². The number of carbonyl (C=O) groups excluding carboxylic acids is 1. The maximum atomic E-state index is 12.4. The van der Waals surface area contributed by atoms with Gasteiger partial charge >= 0.3 is 11.5 Å². The molecule has 2 aromatic rings. The van der Waals surface area contributed by atoms with Crippen LogP contribution in [0.15, 0.2) is 41.3 Å². The smallest absolute Gasteiger partial charge is 0.446 e. The summed E-state index contributed by atoms with van der Waals surface area (Å²) in [5, 5.41) is 9.46. The van der Waals surface area contributed by atoms with Crippen LogP contribution >= 0.6 is 11.8 Å². The van der Waals surface area contributed by atoms with E-state index in [0.717, 1.165) is 0 Å². The highest BCUT2D eigenvalue weighted by Crippen LogP contribution is 2.37. The highest BCUT2D eigenvalue weighted by molar-refractivity contribution is 8.00. The third-order valence-electron chi connectivity index (χ3n) is 4.10. The maximum absolute atomic E-state index is 12.4. The molecule has 8 heteroatoms. The van der Waals surface area contributed by atoms with E-state index < -0.39 is 17.3 Å². The van der Waals surface area contributed by atoms with E-state index in [1.54, 1.807) is 33.8 Å². The zero-order chi connectivity index (χ0) is 22.6. The number of hydrogen-bond acceptors (Lipinski definition) is 4. The number of benzene rings is 2. The minimum absolute atomic E-state index is 0.00819. The number of alkyl halides is 3. The van der Waals surface area contributed by atoms with Gasteiger partial charge in [-0.3, -0.25) is 4.79 Å². The molecule has 0 saturated carbocycles. The normalized spacial score (nSPS) is 11.9. The number of allylic oxidation sites excluding steroid dienone is 1. The molecular weight excluding hydrogens is 417 g/mol. The van der Waals surface area contributed by atoms with Gasteiger partial charge in [0.2, 0.25) is 0 Å². The molecule has 0 radical (unpaired) electrons. The van der Waals surface area contributed by atoms with Crippen molar-refractivity contribution in [1.29, 1.82) is 0 Å². The van der Waals surface area contributed by atoms with Crippen molar-refractivity contribution in [3.8, 4) is 5.75 Å². The van der Waals surface area contributed by atoms with E-state index in [2.05, 4.69) is 0 Å². The summed E-state index contributed by atoms with van der Waals surface area (Å²) in [5.41, 5.74) is -2.49. The average Bonchev–Trinajstić information content (AvgIpc) is 2.61. The number of carboxylic acid groups (broad SMARTS) is 1. The Bertz CT molecular complexity index is 977. The van der Waals surface area contributed by atoms with Gasteiger partial charge in [0, 0.05) is 21.6 Å². The number of thioether (sulfide) groups is 1. The van der Waals surface area contributed by atoms with Gasteiger partial charge in [-0.15, -0.1) is 0 Å². The van der Waals surface area contributed by atoms with Crippen LogP contribution in [-0.2, 0) is 0 Å². The third-order valence-corrected chi connectivity index (χ3v) is 4.84. The van der Waals surface area contributed by atoms with Crippen molar-refractivity contribution >= 4 is 29.6 Å². The lowest BCUT2D eigenvalue weighted by Gasteiger charge is -2.18. The molecule has 0 atom stereocenters. The van der Waals surface area contributed by atoms with Crippen LogP contribution < -0.4 is 4.74 Å². The summed E-state index contributed by atoms with van der Waals surface area (Å²) >= 11 is -0.248. The SMILES string of the molecule is Cc1cc(/C=C/C(=O)c2ccc(SC(F)(F)F)cc2)c(OC(C)C)c(C)c1C(=O)O. The molecule has 0 aliphatic heterocycles. The average molecular weight is 438 g/mol. The molecule has 1 N–H and O–H groups in total. The van der Waals surface area contributed by atoms with Gasteiger partial charge in [-0.25, -0.2) is 4.79 Å². The predicted octanol–water partition coefficient (Wildman–Crippen LogP) is 6.30. The fourth-order valence-corrected chi connectivity index (χ4v) is 3.46. The molecule has 0 heterocycles. The molecule has 0 spiro atoms. The van der Waals surface area contributed by atoms with Crippen LogP contribution in [0.4, 0.5) is 13.2 Å². The van der Waals surface area contributed by atoms with Gasteiger partial charge in [-0.1, -0.05) is 0 Å². The minimum Gasteiger partial charge on any atom is -0.490 e. The number of aryl methyl sites for hydroxylation is 1. The molecule has 2 aromatic carbocycles. The highest BCUT2D eigenvalue weighted by atomic mass is 32.2.